The van der Waals surface area contributed by atoms with Gasteiger partial charge in [-0.3, -0.25) is 4.79 Å². The maximum Gasteiger partial charge on any atom is 0.251 e. The van der Waals surface area contributed by atoms with Crippen molar-refractivity contribution in [3.8, 4) is 0 Å². The van der Waals surface area contributed by atoms with Crippen molar-refractivity contribution in [3.63, 3.8) is 0 Å². The SMILES string of the molecule is Cc1ccc(C(=O)NC2CCC(N)CC2)cc1Br. The lowest BCUT2D eigenvalue weighted by molar-refractivity contribution is 0.0926. The molecule has 1 aromatic carbocycles. The van der Waals surface area contributed by atoms with Crippen LogP contribution in [0.25, 0.3) is 0 Å². The Hall–Kier alpha value is -0.870. The fourth-order valence-corrected chi connectivity index (χ4v) is 2.65. The quantitative estimate of drug-likeness (QED) is 0.882. The molecule has 0 unspecified atom stereocenters. The Morgan fingerprint density at radius 1 is 1.33 bits per heavy atom. The average Bonchev–Trinajstić information content (AvgIpc) is 2.35. The van der Waals surface area contributed by atoms with Gasteiger partial charge in [0.15, 0.2) is 0 Å². The van der Waals surface area contributed by atoms with Gasteiger partial charge in [0.1, 0.15) is 0 Å². The number of hydrogen-bond donors (Lipinski definition) is 2. The summed E-state index contributed by atoms with van der Waals surface area (Å²) in [5.41, 5.74) is 7.70. The second-order valence-electron chi connectivity index (χ2n) is 5.05. The minimum absolute atomic E-state index is 0.0103. The third-order valence-corrected chi connectivity index (χ3v) is 4.40. The maximum absolute atomic E-state index is 12.1. The molecular weight excluding hydrogens is 292 g/mol. The Morgan fingerprint density at radius 3 is 2.61 bits per heavy atom. The number of amides is 1. The normalized spacial score (nSPS) is 23.7. The van der Waals surface area contributed by atoms with E-state index in [2.05, 4.69) is 21.2 Å². The molecule has 1 fully saturated rings. The van der Waals surface area contributed by atoms with E-state index in [1.165, 1.54) is 0 Å². The number of halogens is 1. The Bertz CT molecular complexity index is 439. The highest BCUT2D eigenvalue weighted by Gasteiger charge is 2.20. The van der Waals surface area contributed by atoms with Crippen molar-refractivity contribution < 1.29 is 4.79 Å². The topological polar surface area (TPSA) is 55.1 Å². The molecule has 0 radical (unpaired) electrons. The van der Waals surface area contributed by atoms with Crippen molar-refractivity contribution in [1.82, 2.24) is 5.32 Å². The van der Waals surface area contributed by atoms with E-state index in [1.807, 2.05) is 25.1 Å². The lowest BCUT2D eigenvalue weighted by Gasteiger charge is -2.26. The molecule has 98 valence electrons. The molecule has 1 aliphatic rings. The van der Waals surface area contributed by atoms with Crippen molar-refractivity contribution in [2.75, 3.05) is 0 Å². The van der Waals surface area contributed by atoms with Crippen molar-refractivity contribution in [2.24, 2.45) is 5.73 Å². The van der Waals surface area contributed by atoms with Gasteiger partial charge in [0.25, 0.3) is 5.91 Å². The van der Waals surface area contributed by atoms with E-state index < -0.39 is 0 Å². The highest BCUT2D eigenvalue weighted by Crippen LogP contribution is 2.20. The number of hydrogen-bond acceptors (Lipinski definition) is 2. The van der Waals surface area contributed by atoms with Gasteiger partial charge in [-0.05, 0) is 50.3 Å². The summed E-state index contributed by atoms with van der Waals surface area (Å²) in [6, 6.07) is 6.28. The largest absolute Gasteiger partial charge is 0.349 e. The van der Waals surface area contributed by atoms with Crippen LogP contribution < -0.4 is 11.1 Å². The Morgan fingerprint density at radius 2 is 2.00 bits per heavy atom. The molecule has 3 N–H and O–H groups in total. The molecule has 0 saturated heterocycles. The van der Waals surface area contributed by atoms with Gasteiger partial charge in [0.05, 0.1) is 0 Å². The first-order valence-corrected chi connectivity index (χ1v) is 7.18. The first kappa shape index (κ1) is 13.6. The predicted molar refractivity (Wildman–Crippen MR) is 76.6 cm³/mol. The summed E-state index contributed by atoms with van der Waals surface area (Å²) in [6.45, 7) is 2.01. The molecule has 1 aromatic rings. The van der Waals surface area contributed by atoms with Crippen LogP contribution in [0.2, 0.25) is 0 Å². The van der Waals surface area contributed by atoms with E-state index in [1.54, 1.807) is 0 Å². The van der Waals surface area contributed by atoms with Gasteiger partial charge in [0.2, 0.25) is 0 Å². The monoisotopic (exact) mass is 310 g/mol. The summed E-state index contributed by atoms with van der Waals surface area (Å²) in [7, 11) is 0. The highest BCUT2D eigenvalue weighted by molar-refractivity contribution is 9.10. The van der Waals surface area contributed by atoms with Gasteiger partial charge >= 0.3 is 0 Å². The van der Waals surface area contributed by atoms with E-state index in [-0.39, 0.29) is 11.9 Å². The smallest absolute Gasteiger partial charge is 0.251 e. The van der Waals surface area contributed by atoms with Crippen LogP contribution in [-0.4, -0.2) is 18.0 Å². The number of carbonyl (C=O) groups excluding carboxylic acids is 1. The fraction of sp³-hybridized carbons (Fsp3) is 0.500. The Kier molecular flexibility index (Phi) is 4.40. The molecule has 0 aliphatic heterocycles. The minimum atomic E-state index is 0.0103. The van der Waals surface area contributed by atoms with Crippen LogP contribution in [0.4, 0.5) is 0 Å². The first-order chi connectivity index (χ1) is 8.56. The highest BCUT2D eigenvalue weighted by atomic mass is 79.9. The molecule has 0 heterocycles. The van der Waals surface area contributed by atoms with Gasteiger partial charge in [-0.15, -0.1) is 0 Å². The first-order valence-electron chi connectivity index (χ1n) is 6.39. The average molecular weight is 311 g/mol. The zero-order chi connectivity index (χ0) is 13.1. The molecule has 4 heteroatoms. The number of carbonyl (C=O) groups is 1. The number of aryl methyl sites for hydroxylation is 1. The van der Waals surface area contributed by atoms with Crippen LogP contribution in [0.3, 0.4) is 0 Å². The van der Waals surface area contributed by atoms with Crippen LogP contribution >= 0.6 is 15.9 Å². The summed E-state index contributed by atoms with van der Waals surface area (Å²) >= 11 is 3.45. The maximum atomic E-state index is 12.1. The predicted octanol–water partition coefficient (Wildman–Crippen LogP) is 2.76. The lowest BCUT2D eigenvalue weighted by Crippen LogP contribution is -2.40. The summed E-state index contributed by atoms with van der Waals surface area (Å²) in [4.78, 5) is 12.1. The molecule has 0 atom stereocenters. The molecule has 0 bridgehead atoms. The molecule has 2 rings (SSSR count). The fourth-order valence-electron chi connectivity index (χ4n) is 2.27. The molecular formula is C14H19BrN2O. The van der Waals surface area contributed by atoms with Crippen LogP contribution in [0, 0.1) is 6.92 Å². The van der Waals surface area contributed by atoms with Crippen LogP contribution in [-0.2, 0) is 0 Å². The van der Waals surface area contributed by atoms with Crippen LogP contribution in [0.1, 0.15) is 41.6 Å². The van der Waals surface area contributed by atoms with E-state index in [0.29, 0.717) is 11.6 Å². The van der Waals surface area contributed by atoms with E-state index in [4.69, 9.17) is 5.73 Å². The number of benzene rings is 1. The summed E-state index contributed by atoms with van der Waals surface area (Å²) < 4.78 is 0.973. The van der Waals surface area contributed by atoms with E-state index in [0.717, 1.165) is 35.7 Å². The van der Waals surface area contributed by atoms with E-state index in [9.17, 15) is 4.79 Å². The number of nitrogens with one attached hydrogen (secondary N) is 1. The number of nitrogens with two attached hydrogens (primary N) is 1. The van der Waals surface area contributed by atoms with Gasteiger partial charge < -0.3 is 11.1 Å². The van der Waals surface area contributed by atoms with Gasteiger partial charge in [-0.2, -0.15) is 0 Å². The standard InChI is InChI=1S/C14H19BrN2O/c1-9-2-3-10(8-13(9)15)14(18)17-12-6-4-11(16)5-7-12/h2-3,8,11-12H,4-7,16H2,1H3,(H,17,18). The molecule has 0 aromatic heterocycles. The number of rotatable bonds is 2. The molecule has 18 heavy (non-hydrogen) atoms. The second-order valence-corrected chi connectivity index (χ2v) is 5.90. The Balaban J connectivity index is 1.97. The molecule has 1 saturated carbocycles. The van der Waals surface area contributed by atoms with Crippen LogP contribution in [0.5, 0.6) is 0 Å². The zero-order valence-corrected chi connectivity index (χ0v) is 12.2. The molecule has 1 aliphatic carbocycles. The molecule has 1 amide bonds. The summed E-state index contributed by atoms with van der Waals surface area (Å²) in [6.07, 6.45) is 3.98. The zero-order valence-electron chi connectivity index (χ0n) is 10.6. The summed E-state index contributed by atoms with van der Waals surface area (Å²) in [5.74, 6) is 0.0103. The Labute approximate surface area is 116 Å². The van der Waals surface area contributed by atoms with Crippen LogP contribution in [0.15, 0.2) is 22.7 Å². The van der Waals surface area contributed by atoms with Gasteiger partial charge in [-0.1, -0.05) is 22.0 Å². The van der Waals surface area contributed by atoms with Crippen molar-refractivity contribution in [1.29, 1.82) is 0 Å². The van der Waals surface area contributed by atoms with Crippen molar-refractivity contribution >= 4 is 21.8 Å². The lowest BCUT2D eigenvalue weighted by atomic mass is 9.91. The second kappa shape index (κ2) is 5.85. The molecule has 0 spiro atoms. The van der Waals surface area contributed by atoms with Crippen molar-refractivity contribution in [2.45, 2.75) is 44.7 Å². The van der Waals surface area contributed by atoms with Crippen molar-refractivity contribution in [3.05, 3.63) is 33.8 Å². The third kappa shape index (κ3) is 3.33. The van der Waals surface area contributed by atoms with Gasteiger partial charge in [0, 0.05) is 22.1 Å². The summed E-state index contributed by atoms with van der Waals surface area (Å²) in [5, 5.41) is 3.09. The van der Waals surface area contributed by atoms with Gasteiger partial charge in [-0.25, -0.2) is 0 Å². The minimum Gasteiger partial charge on any atom is -0.349 e. The van der Waals surface area contributed by atoms with E-state index >= 15 is 0 Å². The molecule has 3 nitrogen and oxygen atoms in total. The third-order valence-electron chi connectivity index (χ3n) is 3.54.